The molecule has 23 heavy (non-hydrogen) atoms. The number of rotatable bonds is 3. The lowest BCUT2D eigenvalue weighted by molar-refractivity contribution is -0.135. The highest BCUT2D eigenvalue weighted by Gasteiger charge is 2.53. The first kappa shape index (κ1) is 16.5. The maximum atomic E-state index is 11.6. The third-order valence-corrected chi connectivity index (χ3v) is 6.59. The van der Waals surface area contributed by atoms with Crippen LogP contribution in [0.1, 0.15) is 46.0 Å². The summed E-state index contributed by atoms with van der Waals surface area (Å²) in [7, 11) is 0. The van der Waals surface area contributed by atoms with Gasteiger partial charge in [0.15, 0.2) is 0 Å². The lowest BCUT2D eigenvalue weighted by Crippen LogP contribution is -2.51. The fourth-order valence-electron chi connectivity index (χ4n) is 5.27. The first-order valence-corrected chi connectivity index (χ1v) is 8.75. The first-order chi connectivity index (χ1) is 10.9. The lowest BCUT2D eigenvalue weighted by atomic mass is 9.47. The van der Waals surface area contributed by atoms with Gasteiger partial charge in [-0.1, -0.05) is 44.6 Å². The molecule has 2 aliphatic carbocycles. The van der Waals surface area contributed by atoms with Crippen LogP contribution in [0.2, 0.25) is 0 Å². The fraction of sp³-hybridized carbons (Fsp3) is 0.650. The summed E-state index contributed by atoms with van der Waals surface area (Å²) in [5.41, 5.74) is 2.04. The van der Waals surface area contributed by atoms with Crippen molar-refractivity contribution in [3.05, 3.63) is 36.0 Å². The number of allylic oxidation sites excluding steroid dienone is 2. The predicted octanol–water partition coefficient (Wildman–Crippen LogP) is 3.80. The van der Waals surface area contributed by atoms with Gasteiger partial charge in [-0.05, 0) is 48.5 Å². The monoisotopic (exact) mass is 316 g/mol. The molecule has 0 unspecified atom stereocenters. The standard InChI is InChI=1S/C20H28O3/c1-14-5-8-17-19(2,13-21)10-4-11-20(17,3)16(14)7-6-15-9-12-23-18(15)22/h6-7,9,16-17,21H,1,4-5,8,10-13H2,2-3H3/b7-6+/t16-,17+,19-,20-/m0/s1. The summed E-state index contributed by atoms with van der Waals surface area (Å²) >= 11 is 0. The van der Waals surface area contributed by atoms with Crippen molar-refractivity contribution >= 4 is 5.97 Å². The molecule has 1 N–H and O–H groups in total. The molecule has 0 bridgehead atoms. The molecule has 3 rings (SSSR count). The second-order valence-electron chi connectivity index (χ2n) is 8.02. The highest BCUT2D eigenvalue weighted by molar-refractivity contribution is 5.93. The van der Waals surface area contributed by atoms with E-state index in [1.807, 2.05) is 12.2 Å². The highest BCUT2D eigenvalue weighted by Crippen LogP contribution is 2.61. The largest absolute Gasteiger partial charge is 0.458 e. The van der Waals surface area contributed by atoms with Gasteiger partial charge >= 0.3 is 5.97 Å². The molecule has 0 spiro atoms. The normalized spacial score (nSPS) is 40.9. The van der Waals surface area contributed by atoms with Gasteiger partial charge in [0, 0.05) is 12.5 Å². The van der Waals surface area contributed by atoms with Crippen molar-refractivity contribution in [1.29, 1.82) is 0 Å². The molecule has 2 fully saturated rings. The Morgan fingerprint density at radius 3 is 2.87 bits per heavy atom. The Morgan fingerprint density at radius 1 is 1.43 bits per heavy atom. The quantitative estimate of drug-likeness (QED) is 0.636. The SMILES string of the molecule is C=C1CC[C@@H]2[C@](C)(CO)CCC[C@@]2(C)[C@H]1/C=C/C1=CCOC1=O. The summed E-state index contributed by atoms with van der Waals surface area (Å²) < 4.78 is 4.98. The van der Waals surface area contributed by atoms with Crippen molar-refractivity contribution in [3.63, 3.8) is 0 Å². The molecule has 4 atom stereocenters. The van der Waals surface area contributed by atoms with E-state index in [9.17, 15) is 9.90 Å². The number of carbonyl (C=O) groups is 1. The second-order valence-corrected chi connectivity index (χ2v) is 8.02. The van der Waals surface area contributed by atoms with Crippen molar-refractivity contribution in [1.82, 2.24) is 0 Å². The molecular formula is C20H28O3. The van der Waals surface area contributed by atoms with Crippen molar-refractivity contribution in [2.75, 3.05) is 13.2 Å². The molecule has 1 heterocycles. The van der Waals surface area contributed by atoms with E-state index in [4.69, 9.17) is 4.74 Å². The van der Waals surface area contributed by atoms with Gasteiger partial charge in [0.25, 0.3) is 0 Å². The zero-order chi connectivity index (χ0) is 16.7. The van der Waals surface area contributed by atoms with Gasteiger partial charge in [-0.15, -0.1) is 0 Å². The number of aliphatic hydroxyl groups excluding tert-OH is 1. The van der Waals surface area contributed by atoms with E-state index in [2.05, 4.69) is 26.5 Å². The third-order valence-electron chi connectivity index (χ3n) is 6.59. The average molecular weight is 316 g/mol. The topological polar surface area (TPSA) is 46.5 Å². The maximum Gasteiger partial charge on any atom is 0.338 e. The molecule has 0 aromatic rings. The summed E-state index contributed by atoms with van der Waals surface area (Å²) in [6, 6.07) is 0. The van der Waals surface area contributed by atoms with E-state index in [1.165, 1.54) is 5.57 Å². The molecule has 2 saturated carbocycles. The van der Waals surface area contributed by atoms with Crippen molar-refractivity contribution < 1.29 is 14.6 Å². The molecule has 3 heteroatoms. The fourth-order valence-corrected chi connectivity index (χ4v) is 5.27. The highest BCUT2D eigenvalue weighted by atomic mass is 16.5. The lowest BCUT2D eigenvalue weighted by Gasteiger charge is -2.57. The third kappa shape index (κ3) is 2.69. The van der Waals surface area contributed by atoms with Crippen LogP contribution in [0.3, 0.4) is 0 Å². The average Bonchev–Trinajstić information content (AvgIpc) is 2.91. The molecule has 126 valence electrons. The number of aliphatic hydroxyl groups is 1. The van der Waals surface area contributed by atoms with Crippen LogP contribution >= 0.6 is 0 Å². The van der Waals surface area contributed by atoms with Crippen molar-refractivity contribution in [2.45, 2.75) is 46.0 Å². The Balaban J connectivity index is 1.90. The molecule has 3 aliphatic rings. The number of carbonyl (C=O) groups excluding carboxylic acids is 1. The Kier molecular flexibility index (Phi) is 4.26. The zero-order valence-corrected chi connectivity index (χ0v) is 14.3. The van der Waals surface area contributed by atoms with Crippen LogP contribution in [0.4, 0.5) is 0 Å². The number of ether oxygens (including phenoxy) is 1. The summed E-state index contributed by atoms with van der Waals surface area (Å²) in [4.78, 5) is 11.6. The number of hydrogen-bond donors (Lipinski definition) is 1. The zero-order valence-electron chi connectivity index (χ0n) is 14.3. The molecule has 3 nitrogen and oxygen atoms in total. The Morgan fingerprint density at radius 2 is 2.22 bits per heavy atom. The minimum atomic E-state index is -0.229. The Hall–Kier alpha value is -1.35. The number of cyclic esters (lactones) is 1. The molecule has 0 aromatic carbocycles. The van der Waals surface area contributed by atoms with Gasteiger partial charge in [0.1, 0.15) is 6.61 Å². The summed E-state index contributed by atoms with van der Waals surface area (Å²) in [6.45, 7) is 9.55. The Bertz CT molecular complexity index is 573. The van der Waals surface area contributed by atoms with Crippen LogP contribution in [0.25, 0.3) is 0 Å². The van der Waals surface area contributed by atoms with Crippen LogP contribution in [0.15, 0.2) is 36.0 Å². The van der Waals surface area contributed by atoms with Gasteiger partial charge in [-0.2, -0.15) is 0 Å². The summed E-state index contributed by atoms with van der Waals surface area (Å²) in [5, 5.41) is 9.98. The first-order valence-electron chi connectivity index (χ1n) is 8.75. The molecule has 0 saturated heterocycles. The number of hydrogen-bond acceptors (Lipinski definition) is 3. The van der Waals surface area contributed by atoms with Crippen LogP contribution in [-0.2, 0) is 9.53 Å². The van der Waals surface area contributed by atoms with Crippen LogP contribution < -0.4 is 0 Å². The summed E-state index contributed by atoms with van der Waals surface area (Å²) in [6.07, 6.45) is 11.4. The Labute approximate surface area is 139 Å². The van der Waals surface area contributed by atoms with E-state index in [0.29, 0.717) is 18.1 Å². The maximum absolute atomic E-state index is 11.6. The molecule has 0 amide bonds. The van der Waals surface area contributed by atoms with Crippen LogP contribution in [0.5, 0.6) is 0 Å². The number of fused-ring (bicyclic) bond motifs is 1. The minimum Gasteiger partial charge on any atom is -0.458 e. The molecule has 0 aromatic heterocycles. The van der Waals surface area contributed by atoms with Gasteiger partial charge in [0.2, 0.25) is 0 Å². The minimum absolute atomic E-state index is 0.00530. The summed E-state index contributed by atoms with van der Waals surface area (Å²) in [5.74, 6) is 0.536. The molecular weight excluding hydrogens is 288 g/mol. The van der Waals surface area contributed by atoms with Gasteiger partial charge in [0.05, 0.1) is 5.57 Å². The van der Waals surface area contributed by atoms with Gasteiger partial charge < -0.3 is 9.84 Å². The smallest absolute Gasteiger partial charge is 0.338 e. The van der Waals surface area contributed by atoms with Crippen LogP contribution in [0, 0.1) is 22.7 Å². The van der Waals surface area contributed by atoms with Crippen molar-refractivity contribution in [3.8, 4) is 0 Å². The number of esters is 1. The van der Waals surface area contributed by atoms with Gasteiger partial charge in [-0.3, -0.25) is 0 Å². The van der Waals surface area contributed by atoms with E-state index in [-0.39, 0.29) is 29.3 Å². The van der Waals surface area contributed by atoms with E-state index in [1.54, 1.807) is 0 Å². The molecule has 1 aliphatic heterocycles. The molecule has 0 radical (unpaired) electrons. The van der Waals surface area contributed by atoms with Crippen molar-refractivity contribution in [2.24, 2.45) is 22.7 Å². The van der Waals surface area contributed by atoms with Crippen LogP contribution in [-0.4, -0.2) is 24.3 Å². The van der Waals surface area contributed by atoms with Gasteiger partial charge in [-0.25, -0.2) is 4.79 Å². The van der Waals surface area contributed by atoms with E-state index < -0.39 is 0 Å². The van der Waals surface area contributed by atoms with E-state index in [0.717, 1.165) is 32.1 Å². The van der Waals surface area contributed by atoms with E-state index >= 15 is 0 Å². The predicted molar refractivity (Wildman–Crippen MR) is 90.7 cm³/mol. The second kappa shape index (κ2) is 5.94.